The standard InChI is InChI=1S/C14H27F2NO/c1-4-14(2,3)10-5-7-11(8-6-10)17-9-12(18)13(15)16/h10-13,17-18H,4-9H2,1-3H3. The number of alkyl halides is 2. The van der Waals surface area contributed by atoms with E-state index in [4.69, 9.17) is 5.11 Å². The van der Waals surface area contributed by atoms with Crippen LogP contribution in [0.4, 0.5) is 8.78 Å². The number of rotatable bonds is 6. The van der Waals surface area contributed by atoms with Gasteiger partial charge in [-0.15, -0.1) is 0 Å². The van der Waals surface area contributed by atoms with Gasteiger partial charge in [-0.3, -0.25) is 0 Å². The van der Waals surface area contributed by atoms with Gasteiger partial charge in [0.1, 0.15) is 6.10 Å². The first-order chi connectivity index (χ1) is 8.36. The van der Waals surface area contributed by atoms with E-state index in [0.717, 1.165) is 31.6 Å². The molecule has 0 aliphatic heterocycles. The summed E-state index contributed by atoms with van der Waals surface area (Å²) in [5.74, 6) is 0.737. The molecule has 2 N–H and O–H groups in total. The molecule has 0 aromatic rings. The van der Waals surface area contributed by atoms with Crippen LogP contribution in [0.5, 0.6) is 0 Å². The first kappa shape index (κ1) is 15.8. The Labute approximate surface area is 109 Å². The maximum Gasteiger partial charge on any atom is 0.265 e. The van der Waals surface area contributed by atoms with Gasteiger partial charge in [0.2, 0.25) is 0 Å². The minimum atomic E-state index is -2.65. The molecule has 0 heterocycles. The first-order valence-corrected chi connectivity index (χ1v) is 7.06. The molecule has 0 bridgehead atoms. The molecule has 108 valence electrons. The molecule has 4 heteroatoms. The summed E-state index contributed by atoms with van der Waals surface area (Å²) in [7, 11) is 0. The highest BCUT2D eigenvalue weighted by Gasteiger charge is 2.31. The lowest BCUT2D eigenvalue weighted by Gasteiger charge is -2.39. The van der Waals surface area contributed by atoms with Gasteiger partial charge in [-0.05, 0) is 37.0 Å². The van der Waals surface area contributed by atoms with E-state index in [1.807, 2.05) is 0 Å². The van der Waals surface area contributed by atoms with Crippen LogP contribution in [0.25, 0.3) is 0 Å². The Morgan fingerprint density at radius 1 is 1.22 bits per heavy atom. The van der Waals surface area contributed by atoms with Crippen LogP contribution in [-0.4, -0.2) is 30.2 Å². The second kappa shape index (κ2) is 6.80. The Morgan fingerprint density at radius 2 is 1.78 bits per heavy atom. The molecule has 0 amide bonds. The van der Waals surface area contributed by atoms with Gasteiger partial charge in [-0.25, -0.2) is 8.78 Å². The summed E-state index contributed by atoms with van der Waals surface area (Å²) in [5.41, 5.74) is 0.382. The third-order valence-corrected chi connectivity index (χ3v) is 4.65. The van der Waals surface area contributed by atoms with Crippen molar-refractivity contribution in [3.05, 3.63) is 0 Å². The lowest BCUT2D eigenvalue weighted by atomic mass is 9.69. The number of aliphatic hydroxyl groups is 1. The molecule has 1 atom stereocenters. The smallest absolute Gasteiger partial charge is 0.265 e. The predicted molar refractivity (Wildman–Crippen MR) is 69.8 cm³/mol. The summed E-state index contributed by atoms with van der Waals surface area (Å²) in [5, 5.41) is 12.1. The largest absolute Gasteiger partial charge is 0.386 e. The summed E-state index contributed by atoms with van der Waals surface area (Å²) >= 11 is 0. The Kier molecular flexibility index (Phi) is 5.99. The zero-order valence-corrected chi connectivity index (χ0v) is 11.8. The zero-order chi connectivity index (χ0) is 13.8. The number of halogens is 2. The van der Waals surface area contributed by atoms with Crippen molar-refractivity contribution in [2.24, 2.45) is 11.3 Å². The maximum atomic E-state index is 12.2. The lowest BCUT2D eigenvalue weighted by Crippen LogP contribution is -2.41. The highest BCUT2D eigenvalue weighted by Crippen LogP contribution is 2.40. The summed E-state index contributed by atoms with van der Waals surface area (Å²) < 4.78 is 24.3. The van der Waals surface area contributed by atoms with Crippen molar-refractivity contribution in [2.45, 2.75) is 71.4 Å². The van der Waals surface area contributed by atoms with Gasteiger partial charge in [0.25, 0.3) is 6.43 Å². The molecule has 18 heavy (non-hydrogen) atoms. The molecule has 0 aromatic carbocycles. The summed E-state index contributed by atoms with van der Waals surface area (Å²) in [6, 6.07) is 0.294. The van der Waals surface area contributed by atoms with Crippen LogP contribution in [0.2, 0.25) is 0 Å². The van der Waals surface area contributed by atoms with E-state index in [2.05, 4.69) is 26.1 Å². The van der Waals surface area contributed by atoms with Crippen molar-refractivity contribution in [3.63, 3.8) is 0 Å². The average Bonchev–Trinajstić information content (AvgIpc) is 2.36. The van der Waals surface area contributed by atoms with Crippen LogP contribution in [0.1, 0.15) is 52.9 Å². The zero-order valence-electron chi connectivity index (χ0n) is 11.8. The fraction of sp³-hybridized carbons (Fsp3) is 1.00. The normalized spacial score (nSPS) is 27.5. The van der Waals surface area contributed by atoms with Crippen LogP contribution in [0.15, 0.2) is 0 Å². The molecule has 0 aromatic heterocycles. The molecule has 2 nitrogen and oxygen atoms in total. The van der Waals surface area contributed by atoms with Gasteiger partial charge in [0.15, 0.2) is 0 Å². The average molecular weight is 263 g/mol. The highest BCUT2D eigenvalue weighted by molar-refractivity contribution is 4.85. The minimum Gasteiger partial charge on any atom is -0.386 e. The molecule has 1 rings (SSSR count). The second-order valence-corrected chi connectivity index (χ2v) is 6.20. The quantitative estimate of drug-likeness (QED) is 0.771. The van der Waals surface area contributed by atoms with E-state index in [9.17, 15) is 8.78 Å². The van der Waals surface area contributed by atoms with Gasteiger partial charge in [0, 0.05) is 12.6 Å². The molecular weight excluding hydrogens is 236 g/mol. The van der Waals surface area contributed by atoms with Crippen LogP contribution in [0.3, 0.4) is 0 Å². The van der Waals surface area contributed by atoms with E-state index in [-0.39, 0.29) is 6.54 Å². The van der Waals surface area contributed by atoms with Crippen molar-refractivity contribution >= 4 is 0 Å². The molecule has 0 radical (unpaired) electrons. The fourth-order valence-electron chi connectivity index (χ4n) is 2.74. The van der Waals surface area contributed by atoms with Gasteiger partial charge in [0.05, 0.1) is 0 Å². The van der Waals surface area contributed by atoms with Crippen molar-refractivity contribution in [1.82, 2.24) is 5.32 Å². The van der Waals surface area contributed by atoms with Crippen LogP contribution in [0, 0.1) is 11.3 Å². The number of aliphatic hydroxyl groups excluding tert-OH is 1. The Bertz CT molecular complexity index is 238. The molecule has 1 unspecified atom stereocenters. The van der Waals surface area contributed by atoms with Gasteiger partial charge < -0.3 is 10.4 Å². The van der Waals surface area contributed by atoms with Crippen molar-refractivity contribution in [1.29, 1.82) is 0 Å². The first-order valence-electron chi connectivity index (χ1n) is 7.06. The van der Waals surface area contributed by atoms with E-state index in [1.165, 1.54) is 6.42 Å². The van der Waals surface area contributed by atoms with Crippen molar-refractivity contribution < 1.29 is 13.9 Å². The minimum absolute atomic E-state index is 0.00414. The maximum absolute atomic E-state index is 12.2. The van der Waals surface area contributed by atoms with E-state index >= 15 is 0 Å². The van der Waals surface area contributed by atoms with Crippen molar-refractivity contribution in [2.75, 3.05) is 6.54 Å². The molecule has 1 aliphatic rings. The summed E-state index contributed by atoms with van der Waals surface area (Å²) in [4.78, 5) is 0. The van der Waals surface area contributed by atoms with Crippen LogP contribution in [-0.2, 0) is 0 Å². The van der Waals surface area contributed by atoms with Crippen LogP contribution < -0.4 is 5.32 Å². The SMILES string of the molecule is CCC(C)(C)C1CCC(NCC(O)C(F)F)CC1. The molecule has 0 saturated heterocycles. The fourth-order valence-corrected chi connectivity index (χ4v) is 2.74. The Balaban J connectivity index is 2.27. The van der Waals surface area contributed by atoms with E-state index < -0.39 is 12.5 Å². The summed E-state index contributed by atoms with van der Waals surface area (Å²) in [6.07, 6.45) is 1.38. The second-order valence-electron chi connectivity index (χ2n) is 6.20. The highest BCUT2D eigenvalue weighted by atomic mass is 19.3. The molecule has 1 fully saturated rings. The lowest BCUT2D eigenvalue weighted by molar-refractivity contribution is -0.00592. The third-order valence-electron chi connectivity index (χ3n) is 4.65. The number of hydrogen-bond acceptors (Lipinski definition) is 2. The topological polar surface area (TPSA) is 32.3 Å². The van der Waals surface area contributed by atoms with E-state index in [1.54, 1.807) is 0 Å². The van der Waals surface area contributed by atoms with E-state index in [0.29, 0.717) is 11.5 Å². The third kappa shape index (κ3) is 4.47. The molecular formula is C14H27F2NO. The molecule has 1 saturated carbocycles. The Morgan fingerprint density at radius 3 is 2.22 bits per heavy atom. The monoisotopic (exact) mass is 263 g/mol. The van der Waals surface area contributed by atoms with Crippen LogP contribution >= 0.6 is 0 Å². The number of nitrogens with one attached hydrogen (secondary N) is 1. The van der Waals surface area contributed by atoms with Crippen molar-refractivity contribution in [3.8, 4) is 0 Å². The van der Waals surface area contributed by atoms with Gasteiger partial charge in [-0.2, -0.15) is 0 Å². The predicted octanol–water partition coefficient (Wildman–Crippen LogP) is 3.20. The summed E-state index contributed by atoms with van der Waals surface area (Å²) in [6.45, 7) is 6.85. The molecule has 1 aliphatic carbocycles. The molecule has 0 spiro atoms. The van der Waals surface area contributed by atoms with Gasteiger partial charge >= 0.3 is 0 Å². The number of hydrogen-bond donors (Lipinski definition) is 2. The van der Waals surface area contributed by atoms with Gasteiger partial charge in [-0.1, -0.05) is 27.2 Å². The Hall–Kier alpha value is -0.220.